The van der Waals surface area contributed by atoms with Crippen molar-refractivity contribution in [1.82, 2.24) is 20.4 Å². The quantitative estimate of drug-likeness (QED) is 0.0118. The van der Waals surface area contributed by atoms with Crippen molar-refractivity contribution in [3.05, 3.63) is 174 Å². The van der Waals surface area contributed by atoms with Gasteiger partial charge >= 0.3 is 144 Å². The van der Waals surface area contributed by atoms with Gasteiger partial charge in [-0.2, -0.15) is 0 Å². The van der Waals surface area contributed by atoms with Crippen molar-refractivity contribution in [2.45, 2.75) is 26.8 Å². The molecule has 6 aromatic heterocycles. The number of hydrogen-bond acceptors (Lipinski definition) is 27. The van der Waals surface area contributed by atoms with E-state index in [9.17, 15) is 32.3 Å². The summed E-state index contributed by atoms with van der Waals surface area (Å²) in [4.78, 5) is 98.2. The zero-order valence-corrected chi connectivity index (χ0v) is 67.5. The average molecular weight is 1680 g/mol. The van der Waals surface area contributed by atoms with Crippen LogP contribution in [0.4, 0.5) is 13.2 Å². The fourth-order valence-corrected chi connectivity index (χ4v) is 8.27. The predicted octanol–water partition coefficient (Wildman–Crippen LogP) is -0.923. The molecule has 6 N–H and O–H groups in total. The third kappa shape index (κ3) is 29.9. The number of amidine groups is 3. The fraction of sp³-hybridized carbons (Fsp3) is 0.172. The number of nitrogens with zero attached hydrogens (tertiary/aromatic N) is 6. The Labute approximate surface area is 698 Å². The summed E-state index contributed by atoms with van der Waals surface area (Å²) in [7, 11) is 4.49. The van der Waals surface area contributed by atoms with Gasteiger partial charge in [-0.1, -0.05) is 62.6 Å². The number of nitrogens with two attached hydrogens (primary N) is 2. The van der Waals surface area contributed by atoms with Crippen LogP contribution in [0, 0.1) is 17.5 Å². The molecule has 0 amide bonds. The number of carboxylic acids is 1. The normalized spacial score (nSPS) is 11.6. The molecule has 503 valence electrons. The van der Waals surface area contributed by atoms with Gasteiger partial charge in [0.1, 0.15) is 35.5 Å². The van der Waals surface area contributed by atoms with Gasteiger partial charge in [0.05, 0.1) is 40.1 Å². The molecule has 0 saturated heterocycles. The second kappa shape index (κ2) is 48.2. The van der Waals surface area contributed by atoms with Gasteiger partial charge in [0.15, 0.2) is 69.8 Å². The van der Waals surface area contributed by atoms with E-state index in [4.69, 9.17) is 73.8 Å². The number of methoxy groups -OCH3 is 3. The number of aromatic nitrogens is 3. The topological polar surface area (TPSA) is 422 Å². The van der Waals surface area contributed by atoms with E-state index in [0.717, 1.165) is 25.2 Å². The van der Waals surface area contributed by atoms with Crippen LogP contribution in [0.25, 0.3) is 32.9 Å². The van der Waals surface area contributed by atoms with Gasteiger partial charge in [-0.25, -0.2) is 53.0 Å². The van der Waals surface area contributed by atoms with Crippen molar-refractivity contribution >= 4 is 158 Å². The standard InChI is InChI=1S/C17H13BrFN3O4.C17H13BrFN3O3.C10H6BrFO2.C7H8BrN3O2.C4H6O4.C2H4O2.CH2O3.B.2K.Na.H/c1-24-17-10(18)5-6-12(21-17)16(20)22-25-8-13(23)14-7-9-3-2-4-11(19)15(9)26-14;1-23-17-10(18)5-6-12(21-17)16-20-13(8-24-22-16)14-7-9-3-2-4-11(19)15(9)25-14;11-5-8(13)9-4-6-2-1-3-7(12)10(6)14-9;1-13-7-4(8)2-3-5(10-7)6(9)11-12;1-3(5)7-8-4(2)6;1-2(3)4;2-1-4-3;;;;;/h2-7H,8H2,1H3,(H2,20,22);2-7,13H,8H2,1H3,(H,20,22);1-4H,5H2;2-3,12H,1H3,(H2,9,11);1-2H3;1H3,(H,3,4);1,3H;;;;;/q;;;;;;;;3*+1;-1/p-2. The molecule has 10 rings (SSSR count). The molecule has 1 unspecified atom stereocenters. The predicted molar refractivity (Wildman–Crippen MR) is 342 cm³/mol. The van der Waals surface area contributed by atoms with E-state index in [2.05, 4.69) is 114 Å². The van der Waals surface area contributed by atoms with Gasteiger partial charge in [-0.15, -0.1) is 0 Å². The summed E-state index contributed by atoms with van der Waals surface area (Å²) in [6, 6.07) is 28.4. The van der Waals surface area contributed by atoms with Gasteiger partial charge in [-0.3, -0.25) is 24.2 Å². The summed E-state index contributed by atoms with van der Waals surface area (Å²) in [5.74, 6) is -2.22. The Kier molecular flexibility index (Phi) is 45.4. The Morgan fingerprint density at radius 1 is 0.684 bits per heavy atom. The molecule has 98 heavy (non-hydrogen) atoms. The van der Waals surface area contributed by atoms with Crippen LogP contribution in [0.5, 0.6) is 17.6 Å². The van der Waals surface area contributed by atoms with Gasteiger partial charge in [-0.05, 0) is 128 Å². The van der Waals surface area contributed by atoms with Crippen LogP contribution in [-0.4, -0.2) is 122 Å². The van der Waals surface area contributed by atoms with Crippen LogP contribution in [0.3, 0.4) is 0 Å². The number of carboxylic acid groups (broad SMARTS) is 1. The molecule has 9 aromatic rings. The van der Waals surface area contributed by atoms with E-state index >= 15 is 0 Å². The molecular formula is C58H51BBr4F3K2N9NaO20. The summed E-state index contributed by atoms with van der Waals surface area (Å²) in [5.41, 5.74) is 15.5. The van der Waals surface area contributed by atoms with Gasteiger partial charge in [0.25, 0.3) is 6.47 Å². The zero-order valence-electron chi connectivity index (χ0n) is 53.9. The van der Waals surface area contributed by atoms with Crippen LogP contribution in [-0.2, 0) is 43.5 Å². The third-order valence-corrected chi connectivity index (χ3v) is 13.1. The molecule has 3 radical (unpaired) electrons. The van der Waals surface area contributed by atoms with Crippen molar-refractivity contribution in [1.29, 1.82) is 0 Å². The number of alkyl halides is 1. The molecule has 0 bridgehead atoms. The Morgan fingerprint density at radius 2 is 1.09 bits per heavy atom. The largest absolute Gasteiger partial charge is 1.00 e. The number of halogens is 7. The first-order chi connectivity index (χ1) is 44.8. The van der Waals surface area contributed by atoms with E-state index in [0.29, 0.717) is 71.4 Å². The Morgan fingerprint density at radius 3 is 1.49 bits per heavy atom. The Balaban J connectivity index is 0. The number of pyridine rings is 3. The number of fused-ring (bicyclic) bond motifs is 3. The second-order valence-electron chi connectivity index (χ2n) is 17.4. The first-order valence-electron chi connectivity index (χ1n) is 25.8. The number of furan rings is 3. The van der Waals surface area contributed by atoms with Crippen molar-refractivity contribution in [3.63, 3.8) is 0 Å². The maximum absolute atomic E-state index is 13.8. The van der Waals surface area contributed by atoms with Crippen LogP contribution in [0.1, 0.15) is 72.2 Å². The van der Waals surface area contributed by atoms with Crippen LogP contribution in [0.15, 0.2) is 151 Å². The summed E-state index contributed by atoms with van der Waals surface area (Å²) in [6.07, 6.45) is 0. The molecular weight excluding hydrogens is 1630 g/mol. The third-order valence-electron chi connectivity index (χ3n) is 10.8. The molecule has 40 heteroatoms. The molecule has 0 spiro atoms. The number of ketones is 2. The van der Waals surface area contributed by atoms with Crippen molar-refractivity contribution in [2.24, 2.45) is 26.8 Å². The van der Waals surface area contributed by atoms with Gasteiger partial charge in [0.2, 0.25) is 29.2 Å². The van der Waals surface area contributed by atoms with E-state index in [1.807, 2.05) is 6.07 Å². The molecule has 29 nitrogen and oxygen atoms in total. The van der Waals surface area contributed by atoms with Crippen molar-refractivity contribution in [2.75, 3.05) is 39.9 Å². The molecule has 1 aliphatic heterocycles. The van der Waals surface area contributed by atoms with E-state index in [1.165, 1.54) is 51.7 Å². The number of hydrogen-bond donors (Lipinski definition) is 4. The number of ether oxygens (including phenoxy) is 3. The first-order valence-corrected chi connectivity index (χ1v) is 29.3. The Hall–Kier alpha value is -5.67. The number of carbonyl (C=O) groups is 6. The van der Waals surface area contributed by atoms with E-state index in [-0.39, 0.29) is 206 Å². The number of benzene rings is 3. The Bertz CT molecular complexity index is 4210. The fourth-order valence-electron chi connectivity index (χ4n) is 6.84. The number of oxime groups is 2. The number of aliphatic imine (C=N–C) groups is 1. The number of carbonyl (C=O) groups excluding carboxylic acids is 6. The van der Waals surface area contributed by atoms with Gasteiger partial charge in [0, 0.05) is 44.4 Å². The van der Waals surface area contributed by atoms with Crippen molar-refractivity contribution in [3.8, 4) is 17.6 Å². The second-order valence-corrected chi connectivity index (χ2v) is 20.5. The first kappa shape index (κ1) is 92.3. The average Bonchev–Trinajstić information content (AvgIpc) is 1.70. The molecule has 0 saturated carbocycles. The molecule has 1 aliphatic rings. The smallest absolute Gasteiger partial charge is 1.00 e. The molecule has 1 atom stereocenters. The minimum absolute atomic E-state index is 0. The van der Waals surface area contributed by atoms with Crippen LogP contribution >= 0.6 is 63.7 Å². The summed E-state index contributed by atoms with van der Waals surface area (Å²) < 4.78 is 73.9. The summed E-state index contributed by atoms with van der Waals surface area (Å²) >= 11 is 12.9. The molecule has 3 aromatic carbocycles. The van der Waals surface area contributed by atoms with E-state index < -0.39 is 53.8 Å². The number of Topliss-reactive ketones (excluding diaryl/α,β-unsaturated/α-hetero) is 2. The van der Waals surface area contributed by atoms with E-state index in [1.54, 1.807) is 72.8 Å². The molecule has 7 heterocycles. The van der Waals surface area contributed by atoms with Gasteiger partial charge < -0.3 is 70.4 Å². The molecule has 0 aliphatic carbocycles. The number of rotatable bonds is 14. The number of para-hydroxylation sites is 3. The number of aliphatic carboxylic acids is 1. The molecule has 0 fully saturated rings. The minimum atomic E-state index is -1.08. The minimum Gasteiger partial charge on any atom is -1.00 e. The maximum Gasteiger partial charge on any atom is 1.00 e. The monoisotopic (exact) mass is 1680 g/mol. The maximum atomic E-state index is 13.8. The number of nitrogens with one attached hydrogen (secondary N) is 1. The number of hydroxylamine groups is 1. The van der Waals surface area contributed by atoms with Crippen molar-refractivity contribution < 1.29 is 243 Å². The summed E-state index contributed by atoms with van der Waals surface area (Å²) in [5, 5.41) is 34.2. The van der Waals surface area contributed by atoms with Crippen LogP contribution in [0.2, 0.25) is 0 Å². The zero-order chi connectivity index (χ0) is 69.6. The SMILES string of the molecule is CC(=O)OOC(C)=O.CC(=O)[O-].COc1nc(/C(N)=N/O)ccc1Br.COc1nc(/C(N)=N/OCC(=O)c2cc3cccc(F)c3o2)ccc1Br.COc1nc(C2=NC(c3cc4cccc(F)c4o3)CON2)ccc1Br.O=C(CBr)c1cc2cccc(F)c2o1.O=CO[O-].[B].[H-].[K+].[K+].[Na+]. The van der Waals surface area contributed by atoms with Crippen LogP contribution < -0.4 is 174 Å². The summed E-state index contributed by atoms with van der Waals surface area (Å²) in [6.45, 7) is 2.92.